The number of nitrogens with one attached hydrogen (secondary N) is 1. The molecule has 8 heteroatoms. The van der Waals surface area contributed by atoms with E-state index in [1.807, 2.05) is 24.3 Å². The summed E-state index contributed by atoms with van der Waals surface area (Å²) in [5, 5.41) is 2.88. The Kier molecular flexibility index (Phi) is 6.48. The van der Waals surface area contributed by atoms with Crippen LogP contribution in [0.1, 0.15) is 31.2 Å². The van der Waals surface area contributed by atoms with Crippen molar-refractivity contribution in [3.8, 4) is 11.3 Å². The average Bonchev–Trinajstić information content (AvgIpc) is 3.34. The van der Waals surface area contributed by atoms with E-state index < -0.39 is 10.0 Å². The molecule has 0 unspecified atom stereocenters. The number of rotatable bonds is 7. The van der Waals surface area contributed by atoms with Gasteiger partial charge in [-0.25, -0.2) is 13.4 Å². The smallest absolute Gasteiger partial charge is 0.243 e. The Morgan fingerprint density at radius 3 is 2.35 bits per heavy atom. The lowest BCUT2D eigenvalue weighted by Gasteiger charge is -2.25. The number of benzene rings is 2. The Hall–Kier alpha value is -2.97. The van der Waals surface area contributed by atoms with E-state index in [0.29, 0.717) is 42.3 Å². The number of hydrogen-bond donors (Lipinski definition) is 1. The first-order valence-corrected chi connectivity index (χ1v) is 11.8. The quantitative estimate of drug-likeness (QED) is 0.599. The van der Waals surface area contributed by atoms with Gasteiger partial charge in [0.15, 0.2) is 12.2 Å². The third-order valence-corrected chi connectivity index (χ3v) is 7.32. The van der Waals surface area contributed by atoms with Crippen LogP contribution in [0.4, 0.5) is 5.69 Å². The van der Waals surface area contributed by atoms with Crippen molar-refractivity contribution in [3.63, 3.8) is 0 Å². The van der Waals surface area contributed by atoms with E-state index in [0.717, 1.165) is 30.4 Å². The first-order chi connectivity index (χ1) is 15.0. The summed E-state index contributed by atoms with van der Waals surface area (Å²) in [5.74, 6) is 0.570. The molecule has 4 rings (SSSR count). The summed E-state index contributed by atoms with van der Waals surface area (Å²) in [7, 11) is -3.43. The third-order valence-electron chi connectivity index (χ3n) is 5.40. The second kappa shape index (κ2) is 9.45. The van der Waals surface area contributed by atoms with Crippen LogP contribution in [0, 0.1) is 0 Å². The molecule has 0 spiro atoms. The molecule has 1 fully saturated rings. The monoisotopic (exact) mass is 439 g/mol. The number of oxazole rings is 1. The predicted octanol–water partition coefficient (Wildman–Crippen LogP) is 4.09. The van der Waals surface area contributed by atoms with Crippen LogP contribution in [0.25, 0.3) is 11.3 Å². The van der Waals surface area contributed by atoms with Gasteiger partial charge in [0.05, 0.1) is 11.1 Å². The lowest BCUT2D eigenvalue weighted by molar-refractivity contribution is -0.116. The van der Waals surface area contributed by atoms with Gasteiger partial charge in [-0.05, 0) is 61.2 Å². The van der Waals surface area contributed by atoms with Crippen molar-refractivity contribution in [2.45, 2.75) is 37.0 Å². The van der Waals surface area contributed by atoms with Crippen molar-refractivity contribution in [3.05, 3.63) is 66.7 Å². The maximum atomic E-state index is 12.7. The normalized spacial score (nSPS) is 15.0. The minimum atomic E-state index is -3.43. The van der Waals surface area contributed by atoms with E-state index in [1.165, 1.54) is 6.39 Å². The summed E-state index contributed by atoms with van der Waals surface area (Å²) in [6.07, 6.45) is 6.76. The molecular formula is C23H25N3O4S. The van der Waals surface area contributed by atoms with Crippen LogP contribution in [-0.2, 0) is 21.2 Å². The maximum Gasteiger partial charge on any atom is 0.243 e. The van der Waals surface area contributed by atoms with Crippen molar-refractivity contribution >= 4 is 21.6 Å². The zero-order valence-electron chi connectivity index (χ0n) is 17.2. The van der Waals surface area contributed by atoms with Crippen molar-refractivity contribution in [2.75, 3.05) is 18.4 Å². The van der Waals surface area contributed by atoms with E-state index in [9.17, 15) is 13.2 Å². The van der Waals surface area contributed by atoms with E-state index in [1.54, 1.807) is 34.8 Å². The van der Waals surface area contributed by atoms with Crippen LogP contribution in [0.2, 0.25) is 0 Å². The molecule has 0 saturated carbocycles. The van der Waals surface area contributed by atoms with E-state index >= 15 is 0 Å². The van der Waals surface area contributed by atoms with Gasteiger partial charge in [0.1, 0.15) is 0 Å². The molecule has 3 aromatic rings. The number of hydrogen-bond acceptors (Lipinski definition) is 5. The summed E-state index contributed by atoms with van der Waals surface area (Å²) in [6, 6.07) is 14.2. The third kappa shape index (κ3) is 5.21. The van der Waals surface area contributed by atoms with Crippen LogP contribution < -0.4 is 5.32 Å². The molecule has 0 aliphatic carbocycles. The van der Waals surface area contributed by atoms with Gasteiger partial charge >= 0.3 is 0 Å². The molecule has 1 aromatic heterocycles. The fraction of sp³-hybridized carbons (Fsp3) is 0.304. The Balaban J connectivity index is 1.30. The van der Waals surface area contributed by atoms with Crippen molar-refractivity contribution in [1.82, 2.24) is 9.29 Å². The molecule has 2 aromatic carbocycles. The number of anilines is 1. The number of aryl methyl sites for hydroxylation is 1. The molecule has 1 amide bonds. The topological polar surface area (TPSA) is 92.5 Å². The van der Waals surface area contributed by atoms with Gasteiger partial charge in [0.2, 0.25) is 15.9 Å². The number of carbonyl (C=O) groups excluding carboxylic acids is 1. The van der Waals surface area contributed by atoms with Crippen molar-refractivity contribution in [2.24, 2.45) is 0 Å². The van der Waals surface area contributed by atoms with Crippen molar-refractivity contribution < 1.29 is 17.6 Å². The Morgan fingerprint density at radius 2 is 1.71 bits per heavy atom. The van der Waals surface area contributed by atoms with Crippen LogP contribution in [0.3, 0.4) is 0 Å². The number of nitrogens with zero attached hydrogens (tertiary/aromatic N) is 2. The highest BCUT2D eigenvalue weighted by Crippen LogP contribution is 2.22. The highest BCUT2D eigenvalue weighted by molar-refractivity contribution is 7.89. The Labute approximate surface area is 182 Å². The van der Waals surface area contributed by atoms with Gasteiger partial charge in [-0.3, -0.25) is 4.79 Å². The van der Waals surface area contributed by atoms with Crippen LogP contribution in [0.15, 0.2) is 70.4 Å². The van der Waals surface area contributed by atoms with E-state index in [-0.39, 0.29) is 5.91 Å². The summed E-state index contributed by atoms with van der Waals surface area (Å²) in [6.45, 7) is 1.17. The molecule has 162 valence electrons. The highest BCUT2D eigenvalue weighted by Gasteiger charge is 2.25. The molecule has 31 heavy (non-hydrogen) atoms. The lowest BCUT2D eigenvalue weighted by Crippen LogP contribution is -2.35. The Bertz CT molecular complexity index is 1100. The van der Waals surface area contributed by atoms with Gasteiger partial charge in [-0.15, -0.1) is 0 Å². The second-order valence-electron chi connectivity index (χ2n) is 7.60. The fourth-order valence-electron chi connectivity index (χ4n) is 3.64. The zero-order valence-corrected chi connectivity index (χ0v) is 18.0. The predicted molar refractivity (Wildman–Crippen MR) is 118 cm³/mol. The number of aromatic nitrogens is 1. The zero-order chi connectivity index (χ0) is 21.7. The minimum absolute atomic E-state index is 0.0996. The highest BCUT2D eigenvalue weighted by atomic mass is 32.2. The summed E-state index contributed by atoms with van der Waals surface area (Å²) >= 11 is 0. The molecule has 1 aliphatic rings. The number of amides is 1. The molecule has 1 N–H and O–H groups in total. The first kappa shape index (κ1) is 21.3. The molecule has 2 heterocycles. The Morgan fingerprint density at radius 1 is 1.00 bits per heavy atom. The fourth-order valence-corrected chi connectivity index (χ4v) is 5.16. The average molecular weight is 440 g/mol. The van der Waals surface area contributed by atoms with E-state index in [4.69, 9.17) is 4.42 Å². The summed E-state index contributed by atoms with van der Waals surface area (Å²) in [5.41, 5.74) is 2.51. The lowest BCUT2D eigenvalue weighted by atomic mass is 10.1. The minimum Gasteiger partial charge on any atom is -0.444 e. The molecule has 0 radical (unpaired) electrons. The van der Waals surface area contributed by atoms with Gasteiger partial charge in [0, 0.05) is 30.8 Å². The first-order valence-electron chi connectivity index (χ1n) is 10.4. The van der Waals surface area contributed by atoms with Gasteiger partial charge in [-0.1, -0.05) is 18.6 Å². The van der Waals surface area contributed by atoms with Crippen LogP contribution >= 0.6 is 0 Å². The van der Waals surface area contributed by atoms with Gasteiger partial charge < -0.3 is 9.73 Å². The number of piperidine rings is 1. The second-order valence-corrected chi connectivity index (χ2v) is 9.54. The molecule has 7 nitrogen and oxygen atoms in total. The van der Waals surface area contributed by atoms with Crippen molar-refractivity contribution in [1.29, 1.82) is 0 Å². The number of sulfonamides is 1. The van der Waals surface area contributed by atoms with Crippen LogP contribution in [-0.4, -0.2) is 36.7 Å². The molecule has 1 saturated heterocycles. The van der Waals surface area contributed by atoms with Gasteiger partial charge in [-0.2, -0.15) is 4.31 Å². The van der Waals surface area contributed by atoms with Gasteiger partial charge in [0.25, 0.3) is 0 Å². The molecule has 0 bridgehead atoms. The number of carbonyl (C=O) groups is 1. The summed E-state index contributed by atoms with van der Waals surface area (Å²) in [4.78, 5) is 16.5. The largest absolute Gasteiger partial charge is 0.444 e. The standard InChI is InChI=1S/C23H25N3O4S/c27-23(25-20-9-7-19(8-10-20)22-16-24-17-30-22)13-6-18-4-11-21(12-5-18)31(28,29)26-14-2-1-3-15-26/h4-5,7-12,16-17H,1-3,6,13-15H2,(H,25,27). The molecule has 1 aliphatic heterocycles. The van der Waals surface area contributed by atoms with E-state index in [2.05, 4.69) is 10.3 Å². The molecule has 0 atom stereocenters. The maximum absolute atomic E-state index is 12.7. The summed E-state index contributed by atoms with van der Waals surface area (Å²) < 4.78 is 32.3. The SMILES string of the molecule is O=C(CCc1ccc(S(=O)(=O)N2CCCCC2)cc1)Nc1ccc(-c2cnco2)cc1. The molecular weight excluding hydrogens is 414 g/mol. The van der Waals surface area contributed by atoms with Crippen LogP contribution in [0.5, 0.6) is 0 Å².